The number of aromatic amines is 1. The Hall–Kier alpha value is -3.41. The van der Waals surface area contributed by atoms with Gasteiger partial charge in [0.15, 0.2) is 0 Å². The Kier molecular flexibility index (Phi) is 4.38. The Bertz CT molecular complexity index is 911. The number of hydrazone groups is 1. The van der Waals surface area contributed by atoms with Crippen molar-refractivity contribution in [2.45, 2.75) is 0 Å². The molecule has 6 heteroatoms. The lowest BCUT2D eigenvalue weighted by Crippen LogP contribution is -2.17. The second-order valence-electron chi connectivity index (χ2n) is 5.06. The molecule has 0 aliphatic heterocycles. The molecule has 0 bridgehead atoms. The number of fused-ring (bicyclic) bond motifs is 1. The van der Waals surface area contributed by atoms with Crippen molar-refractivity contribution in [3.8, 4) is 0 Å². The molecule has 2 N–H and O–H groups in total. The molecule has 120 valence electrons. The number of aromatic nitrogens is 1. The number of nitrogens with zero attached hydrogens (tertiary/aromatic N) is 1. The van der Waals surface area contributed by atoms with Crippen LogP contribution in [0.1, 0.15) is 26.3 Å². The number of hydrogen-bond acceptors (Lipinski definition) is 4. The number of esters is 1. The second kappa shape index (κ2) is 6.78. The zero-order valence-corrected chi connectivity index (χ0v) is 12.9. The van der Waals surface area contributed by atoms with E-state index in [1.165, 1.54) is 13.3 Å². The van der Waals surface area contributed by atoms with Gasteiger partial charge in [0.2, 0.25) is 0 Å². The summed E-state index contributed by atoms with van der Waals surface area (Å²) in [5.41, 5.74) is 5.13. The molecule has 0 radical (unpaired) electrons. The molecule has 0 saturated carbocycles. The van der Waals surface area contributed by atoms with Crippen molar-refractivity contribution in [3.63, 3.8) is 0 Å². The summed E-state index contributed by atoms with van der Waals surface area (Å²) in [4.78, 5) is 26.6. The van der Waals surface area contributed by atoms with E-state index in [2.05, 4.69) is 20.2 Å². The summed E-state index contributed by atoms with van der Waals surface area (Å²) in [6.07, 6.45) is 3.16. The van der Waals surface area contributed by atoms with Gasteiger partial charge in [-0.2, -0.15) is 5.10 Å². The van der Waals surface area contributed by atoms with E-state index in [1.54, 1.807) is 30.5 Å². The van der Waals surface area contributed by atoms with Crippen molar-refractivity contribution in [3.05, 3.63) is 71.4 Å². The van der Waals surface area contributed by atoms with Crippen LogP contribution in [-0.4, -0.2) is 30.2 Å². The first kappa shape index (κ1) is 15.5. The molecule has 0 spiro atoms. The van der Waals surface area contributed by atoms with Crippen LogP contribution in [0.2, 0.25) is 0 Å². The number of H-pyrrole nitrogens is 1. The lowest BCUT2D eigenvalue weighted by molar-refractivity contribution is 0.0600. The molecule has 0 unspecified atom stereocenters. The van der Waals surface area contributed by atoms with Crippen molar-refractivity contribution < 1.29 is 14.3 Å². The summed E-state index contributed by atoms with van der Waals surface area (Å²) in [6, 6.07) is 14.2. The van der Waals surface area contributed by atoms with E-state index in [0.717, 1.165) is 16.5 Å². The van der Waals surface area contributed by atoms with Crippen molar-refractivity contribution in [1.82, 2.24) is 10.4 Å². The van der Waals surface area contributed by atoms with Crippen LogP contribution in [0.4, 0.5) is 0 Å². The van der Waals surface area contributed by atoms with Gasteiger partial charge in [0.1, 0.15) is 0 Å². The molecular formula is C18H15N3O3. The van der Waals surface area contributed by atoms with Crippen LogP contribution in [0, 0.1) is 0 Å². The third kappa shape index (κ3) is 3.17. The lowest BCUT2D eigenvalue weighted by Gasteiger charge is -2.00. The number of para-hydroxylation sites is 1. The zero-order valence-electron chi connectivity index (χ0n) is 12.9. The van der Waals surface area contributed by atoms with Crippen LogP contribution in [0.25, 0.3) is 10.9 Å². The number of carbonyl (C=O) groups is 2. The molecule has 24 heavy (non-hydrogen) atoms. The largest absolute Gasteiger partial charge is 0.465 e. The Morgan fingerprint density at radius 1 is 1.12 bits per heavy atom. The average molecular weight is 321 g/mol. The Labute approximate surface area is 138 Å². The third-order valence-electron chi connectivity index (χ3n) is 3.55. The number of nitrogens with one attached hydrogen (secondary N) is 2. The van der Waals surface area contributed by atoms with Gasteiger partial charge < -0.3 is 9.72 Å². The topological polar surface area (TPSA) is 83.5 Å². The number of amides is 1. The molecule has 0 aliphatic rings. The minimum absolute atomic E-state index is 0.296. The van der Waals surface area contributed by atoms with E-state index in [4.69, 9.17) is 0 Å². The minimum atomic E-state index is -0.397. The standard InChI is InChI=1S/C18H15N3O3/c1-24-18(23)13-8-6-12(7-9-13)10-20-21-17(22)15-11-19-16-5-3-2-4-14(15)16/h2-11,19H,1H3,(H,21,22)/b20-10-. The maximum atomic E-state index is 12.2. The van der Waals surface area contributed by atoms with Gasteiger partial charge in [-0.15, -0.1) is 0 Å². The number of ether oxygens (including phenoxy) is 1. The van der Waals surface area contributed by atoms with Crippen molar-refractivity contribution >= 4 is 29.0 Å². The molecule has 1 aromatic heterocycles. The molecule has 1 heterocycles. The summed E-state index contributed by atoms with van der Waals surface area (Å²) in [5, 5.41) is 4.78. The first-order valence-corrected chi connectivity index (χ1v) is 7.27. The van der Waals surface area contributed by atoms with Gasteiger partial charge in [0.05, 0.1) is 24.5 Å². The average Bonchev–Trinajstić information content (AvgIpc) is 3.06. The first-order chi connectivity index (χ1) is 11.7. The van der Waals surface area contributed by atoms with Gasteiger partial charge in [-0.05, 0) is 23.8 Å². The zero-order chi connectivity index (χ0) is 16.9. The summed E-state index contributed by atoms with van der Waals surface area (Å²) in [6.45, 7) is 0. The maximum Gasteiger partial charge on any atom is 0.337 e. The molecule has 0 atom stereocenters. The number of hydrogen-bond donors (Lipinski definition) is 2. The van der Waals surface area contributed by atoms with Crippen LogP contribution < -0.4 is 5.43 Å². The van der Waals surface area contributed by atoms with Gasteiger partial charge in [0, 0.05) is 17.1 Å². The monoisotopic (exact) mass is 321 g/mol. The summed E-state index contributed by atoms with van der Waals surface area (Å²) in [5.74, 6) is -0.694. The molecular weight excluding hydrogens is 306 g/mol. The fourth-order valence-electron chi connectivity index (χ4n) is 2.31. The van der Waals surface area contributed by atoms with E-state index in [-0.39, 0.29) is 5.91 Å². The van der Waals surface area contributed by atoms with Gasteiger partial charge in [0.25, 0.3) is 5.91 Å². The minimum Gasteiger partial charge on any atom is -0.465 e. The lowest BCUT2D eigenvalue weighted by atomic mass is 10.1. The van der Waals surface area contributed by atoms with E-state index < -0.39 is 5.97 Å². The number of benzene rings is 2. The molecule has 6 nitrogen and oxygen atoms in total. The van der Waals surface area contributed by atoms with Crippen LogP contribution in [0.5, 0.6) is 0 Å². The van der Waals surface area contributed by atoms with Crippen LogP contribution in [0.3, 0.4) is 0 Å². The maximum absolute atomic E-state index is 12.2. The highest BCUT2D eigenvalue weighted by Crippen LogP contribution is 2.17. The van der Waals surface area contributed by atoms with E-state index >= 15 is 0 Å². The van der Waals surface area contributed by atoms with Gasteiger partial charge in [-0.3, -0.25) is 4.79 Å². The highest BCUT2D eigenvalue weighted by atomic mass is 16.5. The van der Waals surface area contributed by atoms with Crippen molar-refractivity contribution in [2.24, 2.45) is 5.10 Å². The van der Waals surface area contributed by atoms with Crippen LogP contribution in [-0.2, 0) is 4.74 Å². The van der Waals surface area contributed by atoms with Gasteiger partial charge >= 0.3 is 5.97 Å². The molecule has 0 aliphatic carbocycles. The highest BCUT2D eigenvalue weighted by molar-refractivity contribution is 6.06. The van der Waals surface area contributed by atoms with E-state index in [1.807, 2.05) is 24.3 Å². The number of carbonyl (C=O) groups excluding carboxylic acids is 2. The summed E-state index contributed by atoms with van der Waals surface area (Å²) >= 11 is 0. The molecule has 0 saturated heterocycles. The smallest absolute Gasteiger partial charge is 0.337 e. The summed E-state index contributed by atoms with van der Waals surface area (Å²) < 4.78 is 4.63. The fourth-order valence-corrected chi connectivity index (χ4v) is 2.31. The van der Waals surface area contributed by atoms with Gasteiger partial charge in [-0.1, -0.05) is 30.3 Å². The molecule has 1 amide bonds. The first-order valence-electron chi connectivity index (χ1n) is 7.27. The molecule has 3 aromatic rings. The fraction of sp³-hybridized carbons (Fsp3) is 0.0556. The van der Waals surface area contributed by atoms with Crippen LogP contribution in [0.15, 0.2) is 59.8 Å². The number of methoxy groups -OCH3 is 1. The Morgan fingerprint density at radius 3 is 2.62 bits per heavy atom. The molecule has 0 fully saturated rings. The predicted octanol–water partition coefficient (Wildman–Crippen LogP) is 2.72. The van der Waals surface area contributed by atoms with E-state index in [0.29, 0.717) is 11.1 Å². The number of rotatable bonds is 4. The van der Waals surface area contributed by atoms with Gasteiger partial charge in [-0.25, -0.2) is 10.2 Å². The quantitative estimate of drug-likeness (QED) is 0.440. The molecule has 3 rings (SSSR count). The van der Waals surface area contributed by atoms with Crippen molar-refractivity contribution in [1.29, 1.82) is 0 Å². The highest BCUT2D eigenvalue weighted by Gasteiger charge is 2.10. The third-order valence-corrected chi connectivity index (χ3v) is 3.55. The normalized spacial score (nSPS) is 10.9. The molecule has 2 aromatic carbocycles. The van der Waals surface area contributed by atoms with Crippen molar-refractivity contribution in [2.75, 3.05) is 7.11 Å². The predicted molar refractivity (Wildman–Crippen MR) is 91.1 cm³/mol. The van der Waals surface area contributed by atoms with Crippen LogP contribution >= 0.6 is 0 Å². The summed E-state index contributed by atoms with van der Waals surface area (Å²) in [7, 11) is 1.33. The van der Waals surface area contributed by atoms with E-state index in [9.17, 15) is 9.59 Å². The SMILES string of the molecule is COC(=O)c1ccc(/C=N\NC(=O)c2c[nH]c3ccccc23)cc1. The second-order valence-corrected chi connectivity index (χ2v) is 5.06. The Balaban J connectivity index is 1.67. The Morgan fingerprint density at radius 2 is 1.88 bits per heavy atom.